The predicted molar refractivity (Wildman–Crippen MR) is 234 cm³/mol. The summed E-state index contributed by atoms with van der Waals surface area (Å²) in [5, 5.41) is 14.1. The predicted octanol–water partition coefficient (Wildman–Crippen LogP) is 14.6. The topological polar surface area (TPSA) is 33.6 Å². The van der Waals surface area contributed by atoms with E-state index in [0.717, 1.165) is 28.0 Å². The van der Waals surface area contributed by atoms with Crippen LogP contribution in [0.2, 0.25) is 0 Å². The van der Waals surface area contributed by atoms with E-state index in [1.807, 2.05) is 60.7 Å². The molecule has 3 nitrogen and oxygen atoms in total. The lowest BCUT2D eigenvalue weighted by atomic mass is 9.81. The molecule has 0 saturated carbocycles. The molecule has 4 heterocycles. The van der Waals surface area contributed by atoms with E-state index in [9.17, 15) is 5.26 Å². The fourth-order valence-electron chi connectivity index (χ4n) is 9.95. The van der Waals surface area contributed by atoms with Crippen LogP contribution in [0.1, 0.15) is 80.5 Å². The van der Waals surface area contributed by atoms with Crippen LogP contribution in [-0.2, 0) is 22.7 Å². The average Bonchev–Trinajstić information content (AvgIpc) is 3.73. The molecule has 0 spiro atoms. The van der Waals surface area contributed by atoms with Gasteiger partial charge in [-0.1, -0.05) is 139 Å². The Morgan fingerprint density at radius 3 is 1.25 bits per heavy atom. The van der Waals surface area contributed by atoms with Gasteiger partial charge in [0.15, 0.2) is 0 Å². The monoisotopic (exact) mass is 793 g/mol. The lowest BCUT2D eigenvalue weighted by molar-refractivity contribution is 0.0359. The van der Waals surface area contributed by atoms with Crippen LogP contribution in [0.15, 0.2) is 127 Å². The normalized spacial score (nSPS) is 15.1. The van der Waals surface area contributed by atoms with Crippen molar-refractivity contribution in [2.75, 3.05) is 0 Å². The Labute approximate surface area is 344 Å². The number of hydrogen-bond donors (Lipinski definition) is 0. The molecule has 60 heavy (non-hydrogen) atoms. The second-order valence-electron chi connectivity index (χ2n) is 18.4. The fourth-order valence-corrected chi connectivity index (χ4v) is 9.95. The van der Waals surface area contributed by atoms with Crippen LogP contribution in [0, 0.1) is 11.3 Å². The number of hydrogen-bond acceptors (Lipinski definition) is 1. The quantitative estimate of drug-likeness (QED) is 0.161. The standard InChI is InChI=1S/C53H39F4N3/c1-50(2,3)31-17-23-42-37(25-31)35-21-19-33(29-13-9-7-10-14-29)44-48(35)59(42)46-39(28-58)47-41(27-40(46)52(44,54)55)53(56,57)45-34(30-15-11-8-12-16-30)20-22-36-38-26-32(51(4,5)6)18-24-43(38)60(47)49(36)45/h7-27H,1-6H3. The zero-order valence-electron chi connectivity index (χ0n) is 34.0. The molecule has 0 saturated heterocycles. The van der Waals surface area contributed by atoms with Gasteiger partial charge in [0.05, 0.1) is 55.7 Å². The molecule has 0 fully saturated rings. The summed E-state index contributed by atoms with van der Waals surface area (Å²) in [5.41, 5.74) is 2.83. The minimum atomic E-state index is -3.79. The Morgan fingerprint density at radius 2 is 0.883 bits per heavy atom. The summed E-state index contributed by atoms with van der Waals surface area (Å²) < 4.78 is 76.2. The lowest BCUT2D eigenvalue weighted by Gasteiger charge is -2.36. The molecular formula is C53H39F4N3. The second kappa shape index (κ2) is 11.8. The maximum absolute atomic E-state index is 18.2. The van der Waals surface area contributed by atoms with Crippen LogP contribution in [0.4, 0.5) is 17.6 Å². The SMILES string of the molecule is CC(C)(C)c1ccc2c(c1)c1ccc(-c3ccccc3)c3c1n2-c1c(cc2c(c1C#N)-n1c4ccc(C(C)(C)C)cc4c4ccc(-c5ccccc5)c(c41)C2(F)F)C3(F)F. The number of benzene rings is 7. The van der Waals surface area contributed by atoms with Gasteiger partial charge in [0, 0.05) is 21.5 Å². The van der Waals surface area contributed by atoms with Gasteiger partial charge >= 0.3 is 11.8 Å². The Kier molecular flexibility index (Phi) is 7.14. The number of nitriles is 1. The molecule has 0 atom stereocenters. The second-order valence-corrected chi connectivity index (χ2v) is 18.4. The van der Waals surface area contributed by atoms with Crippen molar-refractivity contribution in [3.63, 3.8) is 0 Å². The van der Waals surface area contributed by atoms with E-state index in [0.29, 0.717) is 44.1 Å². The van der Waals surface area contributed by atoms with E-state index < -0.39 is 23.0 Å². The van der Waals surface area contributed by atoms with E-state index in [4.69, 9.17) is 0 Å². The number of rotatable bonds is 2. The highest BCUT2D eigenvalue weighted by Crippen LogP contribution is 2.59. The molecule has 294 valence electrons. The van der Waals surface area contributed by atoms with Crippen LogP contribution in [-0.4, -0.2) is 9.13 Å². The third kappa shape index (κ3) is 4.65. The molecule has 0 bridgehead atoms. The molecule has 0 amide bonds. The number of alkyl halides is 4. The summed E-state index contributed by atoms with van der Waals surface area (Å²) in [5.74, 6) is -7.58. The Hall–Kier alpha value is -6.65. The Balaban J connectivity index is 1.35. The van der Waals surface area contributed by atoms with Gasteiger partial charge in [-0.2, -0.15) is 22.8 Å². The van der Waals surface area contributed by atoms with E-state index in [-0.39, 0.29) is 49.9 Å². The molecule has 7 aromatic carbocycles. The van der Waals surface area contributed by atoms with Gasteiger partial charge in [-0.15, -0.1) is 0 Å². The van der Waals surface area contributed by atoms with Crippen molar-refractivity contribution in [1.29, 1.82) is 5.26 Å². The highest BCUT2D eigenvalue weighted by Gasteiger charge is 2.52. The summed E-state index contributed by atoms with van der Waals surface area (Å²) in [6.07, 6.45) is 0. The fraction of sp³-hybridized carbons (Fsp3) is 0.189. The van der Waals surface area contributed by atoms with E-state index in [2.05, 4.69) is 47.6 Å². The maximum Gasteiger partial charge on any atom is 0.303 e. The molecule has 0 radical (unpaired) electrons. The first-order chi connectivity index (χ1) is 28.5. The molecule has 0 aliphatic carbocycles. The zero-order valence-corrected chi connectivity index (χ0v) is 34.0. The highest BCUT2D eigenvalue weighted by molar-refractivity contribution is 6.16. The van der Waals surface area contributed by atoms with Crippen molar-refractivity contribution in [3.05, 3.63) is 166 Å². The van der Waals surface area contributed by atoms with Crippen LogP contribution < -0.4 is 0 Å². The molecule has 7 heteroatoms. The summed E-state index contributed by atoms with van der Waals surface area (Å²) in [4.78, 5) is 0. The molecule has 2 aromatic heterocycles. The molecule has 2 aliphatic heterocycles. The number of aromatic nitrogens is 2. The Bertz CT molecular complexity index is 3170. The lowest BCUT2D eigenvalue weighted by Crippen LogP contribution is -2.31. The van der Waals surface area contributed by atoms with Gasteiger partial charge in [0.2, 0.25) is 0 Å². The largest absolute Gasteiger partial charge is 0.307 e. The van der Waals surface area contributed by atoms with Gasteiger partial charge in [-0.3, -0.25) is 0 Å². The minimum absolute atomic E-state index is 0.0813. The third-order valence-corrected chi connectivity index (χ3v) is 12.9. The number of halogens is 4. The molecule has 2 aliphatic rings. The van der Waals surface area contributed by atoms with E-state index >= 15 is 17.6 Å². The summed E-state index contributed by atoms with van der Waals surface area (Å²) in [6, 6.07) is 40.3. The molecule has 0 unspecified atom stereocenters. The maximum atomic E-state index is 18.2. The van der Waals surface area contributed by atoms with Crippen molar-refractivity contribution in [2.45, 2.75) is 64.2 Å². The first-order valence-corrected chi connectivity index (χ1v) is 20.3. The Morgan fingerprint density at radius 1 is 0.483 bits per heavy atom. The highest BCUT2D eigenvalue weighted by atomic mass is 19.3. The first kappa shape index (κ1) is 36.4. The van der Waals surface area contributed by atoms with Gasteiger partial charge in [-0.25, -0.2) is 0 Å². The van der Waals surface area contributed by atoms with E-state index in [1.165, 1.54) is 0 Å². The minimum Gasteiger partial charge on any atom is -0.307 e. The van der Waals surface area contributed by atoms with Crippen molar-refractivity contribution >= 4 is 43.6 Å². The molecule has 11 rings (SSSR count). The van der Waals surface area contributed by atoms with Crippen LogP contribution in [0.5, 0.6) is 0 Å². The van der Waals surface area contributed by atoms with Gasteiger partial charge in [0.1, 0.15) is 11.6 Å². The smallest absolute Gasteiger partial charge is 0.303 e. The molecule has 0 N–H and O–H groups in total. The molecular weight excluding hydrogens is 755 g/mol. The average molecular weight is 794 g/mol. The summed E-state index contributed by atoms with van der Waals surface area (Å²) >= 11 is 0. The first-order valence-electron chi connectivity index (χ1n) is 20.3. The zero-order chi connectivity index (χ0) is 41.8. The summed E-state index contributed by atoms with van der Waals surface area (Å²) in [6.45, 7) is 12.6. The number of nitrogens with zero attached hydrogens (tertiary/aromatic N) is 3. The third-order valence-electron chi connectivity index (χ3n) is 12.9. The van der Waals surface area contributed by atoms with Crippen LogP contribution in [0.25, 0.3) is 77.2 Å². The number of fused-ring (bicyclic) bond motifs is 10. The van der Waals surface area contributed by atoms with Gasteiger partial charge < -0.3 is 9.13 Å². The van der Waals surface area contributed by atoms with Crippen molar-refractivity contribution in [1.82, 2.24) is 9.13 Å². The summed E-state index contributed by atoms with van der Waals surface area (Å²) in [7, 11) is 0. The van der Waals surface area contributed by atoms with Crippen LogP contribution >= 0.6 is 0 Å². The van der Waals surface area contributed by atoms with Gasteiger partial charge in [0.25, 0.3) is 0 Å². The van der Waals surface area contributed by atoms with Gasteiger partial charge in [-0.05, 0) is 74.5 Å². The van der Waals surface area contributed by atoms with Crippen LogP contribution in [0.3, 0.4) is 0 Å². The molecule has 9 aromatic rings. The van der Waals surface area contributed by atoms with Crippen molar-refractivity contribution in [2.24, 2.45) is 0 Å². The van der Waals surface area contributed by atoms with E-state index in [1.54, 1.807) is 69.8 Å². The van der Waals surface area contributed by atoms with Crippen molar-refractivity contribution < 1.29 is 17.6 Å². The van der Waals surface area contributed by atoms with Crippen molar-refractivity contribution in [3.8, 4) is 39.7 Å².